The Kier molecular flexibility index (Phi) is 8.45. The highest BCUT2D eigenvalue weighted by atomic mass is 79.9. The zero-order valence-corrected chi connectivity index (χ0v) is 23.0. The number of halogens is 1. The van der Waals surface area contributed by atoms with Crippen molar-refractivity contribution in [3.8, 4) is 5.75 Å². The number of aliphatic hydroxyl groups is 1. The Labute approximate surface area is 232 Å². The van der Waals surface area contributed by atoms with E-state index in [2.05, 4.69) is 15.9 Å². The van der Waals surface area contributed by atoms with Crippen molar-refractivity contribution in [3.05, 3.63) is 100 Å². The molecule has 5 rings (SSSR count). The number of nitrogens with zero attached hydrogens (tertiary/aromatic N) is 2. The van der Waals surface area contributed by atoms with Gasteiger partial charge in [0.1, 0.15) is 5.75 Å². The minimum atomic E-state index is -1.14. The molecule has 1 saturated heterocycles. The minimum absolute atomic E-state index is 0.0146. The zero-order chi connectivity index (χ0) is 26.4. The summed E-state index contributed by atoms with van der Waals surface area (Å²) in [5.74, 6) is 1.18. The van der Waals surface area contributed by atoms with E-state index in [1.54, 1.807) is 0 Å². The summed E-state index contributed by atoms with van der Waals surface area (Å²) in [6.45, 7) is 2.02. The van der Waals surface area contributed by atoms with E-state index in [1.165, 1.54) is 0 Å². The maximum absolute atomic E-state index is 14.5. The molecule has 7 heteroatoms. The molecule has 0 spiro atoms. The van der Waals surface area contributed by atoms with E-state index in [1.807, 2.05) is 83.8 Å². The van der Waals surface area contributed by atoms with Crippen molar-refractivity contribution in [2.24, 2.45) is 4.99 Å². The highest BCUT2D eigenvalue weighted by Crippen LogP contribution is 2.45. The number of likely N-dealkylation sites (tertiary alicyclic amines) is 1. The van der Waals surface area contributed by atoms with Gasteiger partial charge >= 0.3 is 0 Å². The van der Waals surface area contributed by atoms with Gasteiger partial charge in [0.2, 0.25) is 5.90 Å². The molecule has 2 aliphatic rings. The van der Waals surface area contributed by atoms with E-state index in [4.69, 9.17) is 19.6 Å². The van der Waals surface area contributed by atoms with Crippen molar-refractivity contribution in [1.29, 1.82) is 0 Å². The van der Waals surface area contributed by atoms with Gasteiger partial charge in [-0.2, -0.15) is 0 Å². The molecule has 2 heterocycles. The van der Waals surface area contributed by atoms with Crippen LogP contribution in [0.25, 0.3) is 0 Å². The third-order valence-electron chi connectivity index (χ3n) is 7.15. The molecule has 0 bridgehead atoms. The number of carbonyl (C=O) groups excluding carboxylic acids is 1. The Morgan fingerprint density at radius 2 is 1.71 bits per heavy atom. The lowest BCUT2D eigenvalue weighted by atomic mass is 9.81. The highest BCUT2D eigenvalue weighted by molar-refractivity contribution is 9.10. The van der Waals surface area contributed by atoms with Crippen molar-refractivity contribution in [3.63, 3.8) is 0 Å². The molecule has 1 amide bonds. The summed E-state index contributed by atoms with van der Waals surface area (Å²) in [5.41, 5.74) is 1.58. The van der Waals surface area contributed by atoms with Gasteiger partial charge in [0.25, 0.3) is 5.91 Å². The summed E-state index contributed by atoms with van der Waals surface area (Å²) in [6.07, 6.45) is 3.56. The standard InChI is InChI=1S/C31H33BrN2O4/c32-27-13-6-5-12-26(27)28-31(22-23-10-3-1-4-11-23,30(36)34-18-7-2-8-19-34)33-29(38-28)24-14-16-25(17-15-24)37-21-9-20-35/h1,3-6,10-17,28,35H,2,7-9,18-22H2/t28-,31-/m1/s1. The normalized spacial score (nSPS) is 21.1. The van der Waals surface area contributed by atoms with E-state index >= 15 is 0 Å². The summed E-state index contributed by atoms with van der Waals surface area (Å²) in [6, 6.07) is 25.6. The number of amides is 1. The van der Waals surface area contributed by atoms with Crippen LogP contribution < -0.4 is 4.74 Å². The molecule has 0 radical (unpaired) electrons. The monoisotopic (exact) mass is 576 g/mol. The van der Waals surface area contributed by atoms with Crippen LogP contribution in [0, 0.1) is 0 Å². The molecule has 2 atom stereocenters. The molecule has 6 nitrogen and oxygen atoms in total. The molecular weight excluding hydrogens is 544 g/mol. The molecule has 0 aliphatic carbocycles. The van der Waals surface area contributed by atoms with Gasteiger partial charge in [-0.15, -0.1) is 0 Å². The molecular formula is C31H33BrN2O4. The van der Waals surface area contributed by atoms with Crippen molar-refractivity contribution in [2.75, 3.05) is 26.3 Å². The van der Waals surface area contributed by atoms with Gasteiger partial charge in [0.05, 0.1) is 6.61 Å². The second kappa shape index (κ2) is 12.1. The van der Waals surface area contributed by atoms with Gasteiger partial charge in [-0.05, 0) is 55.2 Å². The van der Waals surface area contributed by atoms with Crippen LogP contribution >= 0.6 is 15.9 Å². The van der Waals surface area contributed by atoms with E-state index < -0.39 is 11.6 Å². The molecule has 38 heavy (non-hydrogen) atoms. The van der Waals surface area contributed by atoms with Gasteiger partial charge in [0.15, 0.2) is 11.6 Å². The quantitative estimate of drug-likeness (QED) is 0.330. The Balaban J connectivity index is 1.58. The lowest BCUT2D eigenvalue weighted by molar-refractivity contribution is -0.140. The molecule has 0 aromatic heterocycles. The zero-order valence-electron chi connectivity index (χ0n) is 21.4. The smallest absolute Gasteiger partial charge is 0.255 e. The molecule has 1 fully saturated rings. The first-order valence-electron chi connectivity index (χ1n) is 13.3. The minimum Gasteiger partial charge on any atom is -0.494 e. The molecule has 3 aromatic carbocycles. The van der Waals surface area contributed by atoms with E-state index in [0.717, 1.165) is 53.5 Å². The maximum atomic E-state index is 14.5. The molecule has 0 saturated carbocycles. The lowest BCUT2D eigenvalue weighted by Gasteiger charge is -2.37. The number of rotatable bonds is 9. The van der Waals surface area contributed by atoms with Gasteiger partial charge in [0, 0.05) is 48.1 Å². The first kappa shape index (κ1) is 26.4. The van der Waals surface area contributed by atoms with E-state index in [-0.39, 0.29) is 12.5 Å². The number of aliphatic hydroxyl groups excluding tert-OH is 1. The Morgan fingerprint density at radius 3 is 2.42 bits per heavy atom. The molecule has 0 unspecified atom stereocenters. The first-order chi connectivity index (χ1) is 18.6. The SMILES string of the molecule is O=C(N1CCCCC1)[C@]1(Cc2ccccc2)N=C(c2ccc(OCCCO)cc2)O[C@@H]1c1ccccc1Br. The maximum Gasteiger partial charge on any atom is 0.255 e. The Hall–Kier alpha value is -3.16. The number of carbonyl (C=O) groups is 1. The number of hydrogen-bond acceptors (Lipinski definition) is 5. The molecule has 3 aromatic rings. The van der Waals surface area contributed by atoms with Crippen LogP contribution in [0.5, 0.6) is 5.75 Å². The second-order valence-electron chi connectivity index (χ2n) is 9.83. The predicted molar refractivity (Wildman–Crippen MR) is 151 cm³/mol. The summed E-state index contributed by atoms with van der Waals surface area (Å²) in [4.78, 5) is 21.6. The third-order valence-corrected chi connectivity index (χ3v) is 7.88. The fraction of sp³-hybridized carbons (Fsp3) is 0.355. The average Bonchev–Trinajstić information content (AvgIpc) is 3.34. The van der Waals surface area contributed by atoms with Crippen molar-refractivity contribution < 1.29 is 19.4 Å². The van der Waals surface area contributed by atoms with E-state index in [9.17, 15) is 4.79 Å². The number of ether oxygens (including phenoxy) is 2. The van der Waals surface area contributed by atoms with Gasteiger partial charge in [-0.3, -0.25) is 4.79 Å². The van der Waals surface area contributed by atoms with Crippen LogP contribution in [0.4, 0.5) is 0 Å². The van der Waals surface area contributed by atoms with E-state index in [0.29, 0.717) is 31.1 Å². The summed E-state index contributed by atoms with van der Waals surface area (Å²) in [5, 5.41) is 9.02. The van der Waals surface area contributed by atoms with Crippen LogP contribution in [0.3, 0.4) is 0 Å². The number of hydrogen-bond donors (Lipinski definition) is 1. The van der Waals surface area contributed by atoms with Crippen LogP contribution in [-0.2, 0) is 16.0 Å². The topological polar surface area (TPSA) is 71.4 Å². The Morgan fingerprint density at radius 1 is 1.00 bits per heavy atom. The molecule has 2 aliphatic heterocycles. The Bertz CT molecular complexity index is 1260. The van der Waals surface area contributed by atoms with Crippen LogP contribution in [0.1, 0.15) is 48.5 Å². The van der Waals surface area contributed by atoms with Gasteiger partial charge in [-0.25, -0.2) is 4.99 Å². The van der Waals surface area contributed by atoms with Crippen molar-refractivity contribution in [2.45, 2.75) is 43.7 Å². The molecule has 1 N–H and O–H groups in total. The fourth-order valence-corrected chi connectivity index (χ4v) is 5.70. The fourth-order valence-electron chi connectivity index (χ4n) is 5.21. The summed E-state index contributed by atoms with van der Waals surface area (Å²) in [7, 11) is 0. The molecule has 198 valence electrons. The summed E-state index contributed by atoms with van der Waals surface area (Å²) < 4.78 is 13.2. The summed E-state index contributed by atoms with van der Waals surface area (Å²) >= 11 is 3.71. The highest BCUT2D eigenvalue weighted by Gasteiger charge is 2.55. The average molecular weight is 578 g/mol. The van der Waals surface area contributed by atoms with Gasteiger partial charge < -0.3 is 19.5 Å². The second-order valence-corrected chi connectivity index (χ2v) is 10.7. The number of benzene rings is 3. The van der Waals surface area contributed by atoms with Crippen LogP contribution in [0.2, 0.25) is 0 Å². The number of aliphatic imine (C=N–C) groups is 1. The predicted octanol–water partition coefficient (Wildman–Crippen LogP) is 5.72. The number of piperidine rings is 1. The van der Waals surface area contributed by atoms with Gasteiger partial charge in [-0.1, -0.05) is 64.5 Å². The lowest BCUT2D eigenvalue weighted by Crippen LogP contribution is -2.53. The largest absolute Gasteiger partial charge is 0.494 e. The van der Waals surface area contributed by atoms with Crippen molar-refractivity contribution >= 4 is 27.7 Å². The first-order valence-corrected chi connectivity index (χ1v) is 14.1. The van der Waals surface area contributed by atoms with Crippen LogP contribution in [-0.4, -0.2) is 53.7 Å². The van der Waals surface area contributed by atoms with Crippen molar-refractivity contribution in [1.82, 2.24) is 4.90 Å². The van der Waals surface area contributed by atoms with Crippen LogP contribution in [0.15, 0.2) is 88.3 Å². The third kappa shape index (κ3) is 5.64.